The number of aliphatic hydroxyl groups excluding tert-OH is 1. The molecule has 1 aromatic rings. The zero-order chi connectivity index (χ0) is 13.3. The number of hydrogen-bond donors (Lipinski definition) is 2. The highest BCUT2D eigenvalue weighted by Gasteiger charge is 2.38. The summed E-state index contributed by atoms with van der Waals surface area (Å²) in [7, 11) is 0. The Hall–Kier alpha value is -1.07. The van der Waals surface area contributed by atoms with Gasteiger partial charge >= 0.3 is 6.03 Å². The van der Waals surface area contributed by atoms with E-state index in [0.717, 1.165) is 15.7 Å². The van der Waals surface area contributed by atoms with Gasteiger partial charge < -0.3 is 10.4 Å². The Morgan fingerprint density at radius 2 is 2.22 bits per heavy atom. The Labute approximate surface area is 115 Å². The molecule has 4 nitrogen and oxygen atoms in total. The van der Waals surface area contributed by atoms with Gasteiger partial charge in [-0.25, -0.2) is 4.79 Å². The van der Waals surface area contributed by atoms with Crippen LogP contribution in [-0.2, 0) is 5.54 Å². The molecule has 0 bridgehead atoms. The van der Waals surface area contributed by atoms with Crippen LogP contribution in [0.25, 0.3) is 0 Å². The molecule has 0 spiro atoms. The fourth-order valence-corrected chi connectivity index (χ4v) is 2.76. The van der Waals surface area contributed by atoms with Gasteiger partial charge in [0.2, 0.25) is 0 Å². The van der Waals surface area contributed by atoms with E-state index in [0.29, 0.717) is 13.0 Å². The van der Waals surface area contributed by atoms with Gasteiger partial charge in [0, 0.05) is 23.2 Å². The van der Waals surface area contributed by atoms with Crippen molar-refractivity contribution in [1.82, 2.24) is 5.32 Å². The lowest BCUT2D eigenvalue weighted by Gasteiger charge is -2.41. The molecule has 1 heterocycles. The van der Waals surface area contributed by atoms with E-state index in [1.54, 1.807) is 4.90 Å². The van der Waals surface area contributed by atoms with Crippen LogP contribution in [0.3, 0.4) is 0 Å². The van der Waals surface area contributed by atoms with Crippen molar-refractivity contribution < 1.29 is 9.90 Å². The third-order valence-corrected chi connectivity index (χ3v) is 3.89. The number of urea groups is 1. The summed E-state index contributed by atoms with van der Waals surface area (Å²) in [5, 5.41) is 12.2. The maximum Gasteiger partial charge on any atom is 0.322 e. The molecule has 98 valence electrons. The van der Waals surface area contributed by atoms with Gasteiger partial charge in [0.25, 0.3) is 0 Å². The molecule has 1 aliphatic heterocycles. The zero-order valence-electron chi connectivity index (χ0n) is 10.5. The Balaban J connectivity index is 2.57. The van der Waals surface area contributed by atoms with Crippen molar-refractivity contribution in [3.05, 3.63) is 28.2 Å². The van der Waals surface area contributed by atoms with Gasteiger partial charge in [-0.2, -0.15) is 0 Å². The molecular weight excluding hydrogens is 296 g/mol. The summed E-state index contributed by atoms with van der Waals surface area (Å²) in [4.78, 5) is 13.8. The van der Waals surface area contributed by atoms with Gasteiger partial charge in [0.15, 0.2) is 0 Å². The molecule has 2 amide bonds. The molecule has 0 aliphatic carbocycles. The average molecular weight is 313 g/mol. The van der Waals surface area contributed by atoms with Crippen LogP contribution in [0.15, 0.2) is 22.7 Å². The molecule has 0 saturated heterocycles. The SMILES string of the molecule is CCN1C(=O)NC(C)(CCO)c2cc(Br)ccc21. The number of nitrogens with one attached hydrogen (secondary N) is 1. The first-order valence-corrected chi connectivity index (χ1v) is 6.81. The Morgan fingerprint density at radius 3 is 2.83 bits per heavy atom. The largest absolute Gasteiger partial charge is 0.396 e. The summed E-state index contributed by atoms with van der Waals surface area (Å²) in [6.07, 6.45) is 0.500. The van der Waals surface area contributed by atoms with Crippen molar-refractivity contribution in [2.45, 2.75) is 25.8 Å². The molecular formula is C13H17BrN2O2. The molecule has 1 atom stereocenters. The van der Waals surface area contributed by atoms with Crippen LogP contribution in [0.5, 0.6) is 0 Å². The van der Waals surface area contributed by atoms with E-state index < -0.39 is 5.54 Å². The number of rotatable bonds is 3. The number of aliphatic hydroxyl groups is 1. The number of nitrogens with zero attached hydrogens (tertiary/aromatic N) is 1. The number of fused-ring (bicyclic) bond motifs is 1. The van der Waals surface area contributed by atoms with E-state index in [-0.39, 0.29) is 12.6 Å². The van der Waals surface area contributed by atoms with Crippen LogP contribution in [0.2, 0.25) is 0 Å². The van der Waals surface area contributed by atoms with Gasteiger partial charge in [0.05, 0.1) is 11.2 Å². The Kier molecular flexibility index (Phi) is 3.64. The maximum atomic E-state index is 12.1. The molecule has 2 rings (SSSR count). The van der Waals surface area contributed by atoms with E-state index in [9.17, 15) is 9.90 Å². The topological polar surface area (TPSA) is 52.6 Å². The van der Waals surface area contributed by atoms with Crippen molar-refractivity contribution >= 4 is 27.6 Å². The van der Waals surface area contributed by atoms with Crippen LogP contribution < -0.4 is 10.2 Å². The Bertz CT molecular complexity index is 478. The number of benzene rings is 1. The first-order chi connectivity index (χ1) is 8.51. The highest BCUT2D eigenvalue weighted by Crippen LogP contribution is 2.38. The molecule has 5 heteroatoms. The zero-order valence-corrected chi connectivity index (χ0v) is 12.1. The smallest absolute Gasteiger partial charge is 0.322 e. The molecule has 1 aromatic carbocycles. The number of hydrogen-bond acceptors (Lipinski definition) is 2. The average Bonchev–Trinajstić information content (AvgIpc) is 2.31. The summed E-state index contributed by atoms with van der Waals surface area (Å²) < 4.78 is 0.970. The predicted molar refractivity (Wildman–Crippen MR) is 74.7 cm³/mol. The summed E-state index contributed by atoms with van der Waals surface area (Å²) >= 11 is 3.46. The molecule has 0 radical (unpaired) electrons. The lowest BCUT2D eigenvalue weighted by molar-refractivity contribution is 0.203. The van der Waals surface area contributed by atoms with Gasteiger partial charge in [-0.1, -0.05) is 15.9 Å². The number of amides is 2. The first kappa shape index (κ1) is 13.4. The molecule has 0 aromatic heterocycles. The fraction of sp³-hybridized carbons (Fsp3) is 0.462. The summed E-state index contributed by atoms with van der Waals surface area (Å²) in [5.41, 5.74) is 1.43. The van der Waals surface area contributed by atoms with E-state index >= 15 is 0 Å². The highest BCUT2D eigenvalue weighted by atomic mass is 79.9. The summed E-state index contributed by atoms with van der Waals surface area (Å²) in [6.45, 7) is 4.55. The van der Waals surface area contributed by atoms with E-state index in [1.165, 1.54) is 0 Å². The lowest BCUT2D eigenvalue weighted by Crippen LogP contribution is -2.55. The fourth-order valence-electron chi connectivity index (χ4n) is 2.40. The number of halogens is 1. The van der Waals surface area contributed by atoms with Crippen LogP contribution in [-0.4, -0.2) is 24.3 Å². The highest BCUT2D eigenvalue weighted by molar-refractivity contribution is 9.10. The number of carbonyl (C=O) groups is 1. The lowest BCUT2D eigenvalue weighted by atomic mass is 9.85. The van der Waals surface area contributed by atoms with E-state index in [4.69, 9.17) is 0 Å². The predicted octanol–water partition coefficient (Wildman–Crippen LogP) is 2.60. The standard InChI is InChI=1S/C13H17BrN2O2/c1-3-16-11-5-4-9(14)8-10(11)13(2,6-7-17)15-12(16)18/h4-5,8,17H,3,6-7H2,1-2H3,(H,15,18). The first-order valence-electron chi connectivity index (χ1n) is 6.02. The van der Waals surface area contributed by atoms with Gasteiger partial charge in [-0.05, 0) is 38.5 Å². The molecule has 1 unspecified atom stereocenters. The normalized spacial score (nSPS) is 22.7. The Morgan fingerprint density at radius 1 is 1.50 bits per heavy atom. The second-order valence-corrected chi connectivity index (χ2v) is 5.56. The second-order valence-electron chi connectivity index (χ2n) is 4.64. The maximum absolute atomic E-state index is 12.1. The van der Waals surface area contributed by atoms with Crippen molar-refractivity contribution in [3.8, 4) is 0 Å². The molecule has 0 saturated carbocycles. The van der Waals surface area contributed by atoms with Crippen LogP contribution >= 0.6 is 15.9 Å². The second kappa shape index (κ2) is 4.90. The summed E-state index contributed by atoms with van der Waals surface area (Å²) in [6, 6.07) is 5.77. The van der Waals surface area contributed by atoms with Gasteiger partial charge in [0.1, 0.15) is 0 Å². The monoisotopic (exact) mass is 312 g/mol. The number of anilines is 1. The third-order valence-electron chi connectivity index (χ3n) is 3.40. The minimum atomic E-state index is -0.517. The minimum absolute atomic E-state index is 0.0366. The quantitative estimate of drug-likeness (QED) is 0.901. The van der Waals surface area contributed by atoms with Crippen molar-refractivity contribution in [3.63, 3.8) is 0 Å². The van der Waals surface area contributed by atoms with Crippen molar-refractivity contribution in [2.24, 2.45) is 0 Å². The molecule has 0 fully saturated rings. The molecule has 1 aliphatic rings. The van der Waals surface area contributed by atoms with Crippen LogP contribution in [0.4, 0.5) is 10.5 Å². The molecule has 18 heavy (non-hydrogen) atoms. The van der Waals surface area contributed by atoms with Crippen LogP contribution in [0.1, 0.15) is 25.8 Å². The third kappa shape index (κ3) is 2.12. The van der Waals surface area contributed by atoms with Gasteiger partial charge in [-0.15, -0.1) is 0 Å². The number of carbonyl (C=O) groups excluding carboxylic acids is 1. The van der Waals surface area contributed by atoms with E-state index in [1.807, 2.05) is 32.0 Å². The van der Waals surface area contributed by atoms with Crippen molar-refractivity contribution in [1.29, 1.82) is 0 Å². The van der Waals surface area contributed by atoms with Gasteiger partial charge in [-0.3, -0.25) is 4.90 Å². The van der Waals surface area contributed by atoms with Crippen LogP contribution in [0, 0.1) is 0 Å². The summed E-state index contributed by atoms with van der Waals surface area (Å²) in [5.74, 6) is 0. The molecule has 2 N–H and O–H groups in total. The van der Waals surface area contributed by atoms with Crippen molar-refractivity contribution in [2.75, 3.05) is 18.1 Å². The van der Waals surface area contributed by atoms with E-state index in [2.05, 4.69) is 21.2 Å². The minimum Gasteiger partial charge on any atom is -0.396 e.